The predicted molar refractivity (Wildman–Crippen MR) is 61.6 cm³/mol. The third-order valence-corrected chi connectivity index (χ3v) is 2.63. The third-order valence-electron chi connectivity index (χ3n) is 2.63. The average molecular weight is 210 g/mol. The number of benzene rings is 1. The van der Waals surface area contributed by atoms with Gasteiger partial charge in [0.1, 0.15) is 0 Å². The maximum Gasteiger partial charge on any atom is 0.0473 e. The molecule has 84 valence electrons. The summed E-state index contributed by atoms with van der Waals surface area (Å²) in [6.07, 6.45) is 1.03. The molecule has 4 heteroatoms. The Labute approximate surface area is 89.5 Å². The van der Waals surface area contributed by atoms with Crippen LogP contribution in [0.25, 0.3) is 0 Å². The fourth-order valence-corrected chi connectivity index (χ4v) is 1.71. The van der Waals surface area contributed by atoms with Gasteiger partial charge in [0.25, 0.3) is 0 Å². The van der Waals surface area contributed by atoms with E-state index in [0.29, 0.717) is 24.2 Å². The highest BCUT2D eigenvalue weighted by Crippen LogP contribution is 2.27. The number of hydrogen-bond donors (Lipinski definition) is 4. The van der Waals surface area contributed by atoms with Gasteiger partial charge in [0, 0.05) is 30.2 Å². The van der Waals surface area contributed by atoms with Crippen molar-refractivity contribution in [3.63, 3.8) is 0 Å². The van der Waals surface area contributed by atoms with Crippen molar-refractivity contribution < 1.29 is 10.2 Å². The molecule has 15 heavy (non-hydrogen) atoms. The normalized spacial score (nSPS) is 10.6. The zero-order valence-corrected chi connectivity index (χ0v) is 8.95. The summed E-state index contributed by atoms with van der Waals surface area (Å²) in [5.41, 5.74) is 15.7. The fraction of sp³-hybridized carbons (Fsp3) is 0.455. The van der Waals surface area contributed by atoms with Gasteiger partial charge in [0.2, 0.25) is 0 Å². The van der Waals surface area contributed by atoms with E-state index < -0.39 is 0 Å². The first-order chi connectivity index (χ1) is 7.11. The van der Waals surface area contributed by atoms with Crippen LogP contribution in [-0.2, 0) is 12.8 Å². The smallest absolute Gasteiger partial charge is 0.0473 e. The molecular weight excluding hydrogens is 192 g/mol. The molecule has 0 heterocycles. The van der Waals surface area contributed by atoms with E-state index in [1.54, 1.807) is 0 Å². The highest BCUT2D eigenvalue weighted by Gasteiger charge is 2.10. The van der Waals surface area contributed by atoms with Gasteiger partial charge in [-0.2, -0.15) is 0 Å². The van der Waals surface area contributed by atoms with Gasteiger partial charge < -0.3 is 21.7 Å². The molecule has 4 nitrogen and oxygen atoms in total. The molecule has 1 aromatic rings. The second-order valence-electron chi connectivity index (χ2n) is 3.59. The molecule has 0 atom stereocenters. The molecule has 0 aliphatic rings. The molecule has 0 saturated carbocycles. The first kappa shape index (κ1) is 11.8. The van der Waals surface area contributed by atoms with E-state index in [4.69, 9.17) is 21.7 Å². The molecule has 1 rings (SSSR count). The van der Waals surface area contributed by atoms with E-state index in [2.05, 4.69) is 0 Å². The molecule has 1 aromatic carbocycles. The van der Waals surface area contributed by atoms with E-state index in [9.17, 15) is 0 Å². The van der Waals surface area contributed by atoms with Gasteiger partial charge >= 0.3 is 0 Å². The molecule has 0 aliphatic carbocycles. The second kappa shape index (κ2) is 5.00. The van der Waals surface area contributed by atoms with Crippen LogP contribution >= 0.6 is 0 Å². The van der Waals surface area contributed by atoms with Gasteiger partial charge in [-0.25, -0.2) is 0 Å². The molecular formula is C11H18N2O2. The first-order valence-electron chi connectivity index (χ1n) is 4.99. The summed E-state index contributed by atoms with van der Waals surface area (Å²) in [5.74, 6) is 0. The predicted octanol–water partition coefficient (Wildman–Crippen LogP) is 0.229. The minimum absolute atomic E-state index is 0.0349. The number of nitrogen functional groups attached to an aromatic ring is 2. The summed E-state index contributed by atoms with van der Waals surface area (Å²) >= 11 is 0. The minimum atomic E-state index is 0.0349. The van der Waals surface area contributed by atoms with Gasteiger partial charge in [0.05, 0.1) is 0 Å². The number of anilines is 2. The Bertz CT molecular complexity index is 351. The lowest BCUT2D eigenvalue weighted by molar-refractivity contribution is 0.298. The highest BCUT2D eigenvalue weighted by atomic mass is 16.3. The van der Waals surface area contributed by atoms with Crippen LogP contribution in [0.4, 0.5) is 11.4 Å². The molecule has 0 aromatic heterocycles. The first-order valence-corrected chi connectivity index (χ1v) is 4.99. The van der Waals surface area contributed by atoms with Crippen molar-refractivity contribution in [1.29, 1.82) is 0 Å². The quantitative estimate of drug-likeness (QED) is 0.535. The Kier molecular flexibility index (Phi) is 3.94. The lowest BCUT2D eigenvalue weighted by atomic mass is 9.97. The van der Waals surface area contributed by atoms with E-state index in [0.717, 1.165) is 16.7 Å². The summed E-state index contributed by atoms with van der Waals surface area (Å²) in [4.78, 5) is 0. The largest absolute Gasteiger partial charge is 0.398 e. The van der Waals surface area contributed by atoms with Gasteiger partial charge in [-0.3, -0.25) is 0 Å². The average Bonchev–Trinajstić information content (AvgIpc) is 2.21. The monoisotopic (exact) mass is 210 g/mol. The highest BCUT2D eigenvalue weighted by molar-refractivity contribution is 5.67. The Morgan fingerprint density at radius 2 is 1.73 bits per heavy atom. The third kappa shape index (κ3) is 2.40. The molecule has 0 unspecified atom stereocenters. The van der Waals surface area contributed by atoms with Crippen molar-refractivity contribution in [2.45, 2.75) is 19.8 Å². The number of aliphatic hydroxyl groups excluding tert-OH is 2. The van der Waals surface area contributed by atoms with Crippen molar-refractivity contribution in [3.8, 4) is 0 Å². The van der Waals surface area contributed by atoms with Crippen LogP contribution in [0.1, 0.15) is 16.7 Å². The Balaban J connectivity index is 3.18. The van der Waals surface area contributed by atoms with Gasteiger partial charge in [0.15, 0.2) is 0 Å². The molecule has 0 bridgehead atoms. The van der Waals surface area contributed by atoms with Crippen molar-refractivity contribution in [1.82, 2.24) is 0 Å². The Morgan fingerprint density at radius 1 is 1.13 bits per heavy atom. The van der Waals surface area contributed by atoms with Crippen LogP contribution in [0.2, 0.25) is 0 Å². The summed E-state index contributed by atoms with van der Waals surface area (Å²) in [7, 11) is 0. The van der Waals surface area contributed by atoms with E-state index in [1.165, 1.54) is 0 Å². The Hall–Kier alpha value is -1.26. The number of aliphatic hydroxyl groups is 2. The molecule has 0 radical (unpaired) electrons. The molecule has 0 aliphatic heterocycles. The van der Waals surface area contributed by atoms with Crippen LogP contribution in [0.15, 0.2) is 6.07 Å². The molecule has 0 spiro atoms. The Morgan fingerprint density at radius 3 is 2.27 bits per heavy atom. The van der Waals surface area contributed by atoms with Gasteiger partial charge in [-0.1, -0.05) is 0 Å². The summed E-state index contributed by atoms with van der Waals surface area (Å²) in [5, 5.41) is 17.8. The molecule has 0 saturated heterocycles. The maximum absolute atomic E-state index is 8.88. The molecule has 0 amide bonds. The zero-order chi connectivity index (χ0) is 11.4. The second-order valence-corrected chi connectivity index (χ2v) is 3.59. The van der Waals surface area contributed by atoms with Gasteiger partial charge in [-0.15, -0.1) is 0 Å². The van der Waals surface area contributed by atoms with E-state index in [1.807, 2.05) is 13.0 Å². The molecule has 0 fully saturated rings. The maximum atomic E-state index is 8.88. The summed E-state index contributed by atoms with van der Waals surface area (Å²) in [6, 6.07) is 1.83. The number of rotatable bonds is 4. The van der Waals surface area contributed by atoms with Crippen molar-refractivity contribution in [2.75, 3.05) is 24.7 Å². The SMILES string of the molecule is Cc1c(CCO)cc(N)c(CCO)c1N. The molecule has 6 N–H and O–H groups in total. The van der Waals surface area contributed by atoms with E-state index >= 15 is 0 Å². The lowest BCUT2D eigenvalue weighted by Gasteiger charge is -2.15. The van der Waals surface area contributed by atoms with Crippen LogP contribution in [0.3, 0.4) is 0 Å². The van der Waals surface area contributed by atoms with Crippen LogP contribution in [0, 0.1) is 6.92 Å². The number of hydrogen-bond acceptors (Lipinski definition) is 4. The minimum Gasteiger partial charge on any atom is -0.398 e. The standard InChI is InChI=1S/C11H18N2O2/c1-7-8(2-4-14)6-10(12)9(3-5-15)11(7)13/h6,14-15H,2-5,12-13H2,1H3. The van der Waals surface area contributed by atoms with Crippen LogP contribution < -0.4 is 11.5 Å². The van der Waals surface area contributed by atoms with Crippen molar-refractivity contribution in [2.24, 2.45) is 0 Å². The zero-order valence-electron chi connectivity index (χ0n) is 8.95. The van der Waals surface area contributed by atoms with Crippen molar-refractivity contribution in [3.05, 3.63) is 22.8 Å². The fourth-order valence-electron chi connectivity index (χ4n) is 1.71. The number of nitrogens with two attached hydrogens (primary N) is 2. The lowest BCUT2D eigenvalue weighted by Crippen LogP contribution is -2.08. The summed E-state index contributed by atoms with van der Waals surface area (Å²) in [6.45, 7) is 2.02. The topological polar surface area (TPSA) is 92.5 Å². The van der Waals surface area contributed by atoms with Crippen molar-refractivity contribution >= 4 is 11.4 Å². The van der Waals surface area contributed by atoms with Crippen LogP contribution in [0.5, 0.6) is 0 Å². The van der Waals surface area contributed by atoms with Gasteiger partial charge in [-0.05, 0) is 37.0 Å². The summed E-state index contributed by atoms with van der Waals surface area (Å²) < 4.78 is 0. The van der Waals surface area contributed by atoms with E-state index in [-0.39, 0.29) is 13.2 Å². The van der Waals surface area contributed by atoms with Crippen LogP contribution in [-0.4, -0.2) is 23.4 Å².